The Hall–Kier alpha value is -1.06. The molecule has 0 amide bonds. The number of hydrogen-bond acceptors (Lipinski definition) is 3. The number of pyridine rings is 1. The molecule has 0 radical (unpaired) electrons. The van der Waals surface area contributed by atoms with Gasteiger partial charge in [-0.3, -0.25) is 4.98 Å². The van der Waals surface area contributed by atoms with E-state index in [1.54, 1.807) is 0 Å². The highest BCUT2D eigenvalue weighted by Gasteiger charge is 2.18. The van der Waals surface area contributed by atoms with E-state index < -0.39 is 0 Å². The minimum Gasteiger partial charge on any atom is -0.312 e. The monoisotopic (exact) mass is 300 g/mol. The van der Waals surface area contributed by atoms with Crippen LogP contribution in [0.25, 0.3) is 10.9 Å². The van der Waals surface area contributed by atoms with E-state index in [-0.39, 0.29) is 0 Å². The smallest absolute Gasteiger partial charge is 0.0705 e. The molecule has 1 aromatic carbocycles. The van der Waals surface area contributed by atoms with Crippen LogP contribution in [-0.2, 0) is 0 Å². The van der Waals surface area contributed by atoms with Gasteiger partial charge in [-0.15, -0.1) is 0 Å². The number of aryl methyl sites for hydroxylation is 1. The van der Waals surface area contributed by atoms with E-state index in [1.807, 2.05) is 6.92 Å². The van der Waals surface area contributed by atoms with Crippen LogP contribution in [0, 0.1) is 6.92 Å². The lowest BCUT2D eigenvalue weighted by molar-refractivity contribution is 0.660. The first-order valence-electron chi connectivity index (χ1n) is 7.92. The van der Waals surface area contributed by atoms with Gasteiger partial charge in [0.1, 0.15) is 0 Å². The second-order valence-corrected chi connectivity index (χ2v) is 7.32. The minimum atomic E-state index is 0.432. The molecule has 0 bridgehead atoms. The van der Waals surface area contributed by atoms with Crippen molar-refractivity contribution in [3.8, 4) is 0 Å². The second-order valence-electron chi connectivity index (χ2n) is 5.99. The summed E-state index contributed by atoms with van der Waals surface area (Å²) in [6, 6.07) is 11.4. The lowest BCUT2D eigenvalue weighted by Gasteiger charge is -2.19. The van der Waals surface area contributed by atoms with E-state index >= 15 is 0 Å². The summed E-state index contributed by atoms with van der Waals surface area (Å²) in [5.74, 6) is 1.16. The fraction of sp³-hybridized carbons (Fsp3) is 0.500. The molecule has 1 saturated carbocycles. The fourth-order valence-electron chi connectivity index (χ4n) is 3.10. The van der Waals surface area contributed by atoms with Gasteiger partial charge in [0.15, 0.2) is 0 Å². The minimum absolute atomic E-state index is 0.432. The molecule has 1 N–H and O–H groups in total. The number of benzene rings is 1. The molecule has 0 spiro atoms. The second kappa shape index (κ2) is 6.80. The first kappa shape index (κ1) is 14.9. The van der Waals surface area contributed by atoms with Crippen LogP contribution in [0.4, 0.5) is 0 Å². The van der Waals surface area contributed by atoms with Crippen molar-refractivity contribution in [1.29, 1.82) is 0 Å². The van der Waals surface area contributed by atoms with Gasteiger partial charge in [0.05, 0.1) is 5.52 Å². The van der Waals surface area contributed by atoms with Crippen LogP contribution in [0.5, 0.6) is 0 Å². The number of nitrogens with zero attached hydrogens (tertiary/aromatic N) is 1. The van der Waals surface area contributed by atoms with E-state index in [1.165, 1.54) is 36.6 Å². The zero-order chi connectivity index (χ0) is 14.7. The third-order valence-corrected chi connectivity index (χ3v) is 5.87. The average molecular weight is 300 g/mol. The summed E-state index contributed by atoms with van der Waals surface area (Å²) in [7, 11) is 2.07. The zero-order valence-electron chi connectivity index (χ0n) is 12.9. The molecule has 112 valence electrons. The van der Waals surface area contributed by atoms with E-state index in [4.69, 9.17) is 0 Å². The first-order chi connectivity index (χ1) is 10.3. The maximum atomic E-state index is 4.59. The van der Waals surface area contributed by atoms with E-state index in [0.717, 1.165) is 22.2 Å². The number of hydrogen-bond donors (Lipinski definition) is 1. The lowest BCUT2D eigenvalue weighted by atomic mass is 10.1. The van der Waals surface area contributed by atoms with Gasteiger partial charge in [-0.1, -0.05) is 25.0 Å². The maximum Gasteiger partial charge on any atom is 0.0705 e. The number of nitrogens with one attached hydrogen (secondary N) is 1. The van der Waals surface area contributed by atoms with Crippen LogP contribution < -0.4 is 5.32 Å². The summed E-state index contributed by atoms with van der Waals surface area (Å²) in [6.07, 6.45) is 5.65. The third kappa shape index (κ3) is 3.58. The molecule has 2 nitrogen and oxygen atoms in total. The topological polar surface area (TPSA) is 24.9 Å². The molecule has 0 saturated heterocycles. The van der Waals surface area contributed by atoms with E-state index in [0.29, 0.717) is 6.04 Å². The lowest BCUT2D eigenvalue weighted by Crippen LogP contribution is -2.19. The molecule has 0 aliphatic heterocycles. The highest BCUT2D eigenvalue weighted by atomic mass is 32.2. The van der Waals surface area contributed by atoms with Gasteiger partial charge in [-0.25, -0.2) is 0 Å². The Kier molecular flexibility index (Phi) is 4.81. The predicted octanol–water partition coefficient (Wildman–Crippen LogP) is 4.48. The first-order valence-corrected chi connectivity index (χ1v) is 8.97. The molecule has 3 heteroatoms. The molecular weight excluding hydrogens is 276 g/mol. The Morgan fingerprint density at radius 3 is 2.81 bits per heavy atom. The Morgan fingerprint density at radius 1 is 1.24 bits per heavy atom. The van der Waals surface area contributed by atoms with E-state index in [9.17, 15) is 0 Å². The van der Waals surface area contributed by atoms with Crippen molar-refractivity contribution in [2.75, 3.05) is 12.8 Å². The van der Waals surface area contributed by atoms with Gasteiger partial charge in [0.25, 0.3) is 0 Å². The standard InChI is InChI=1S/C18H24N2S/c1-13-7-8-14-11-15(9-10-17(14)20-13)18(19-2)12-21-16-5-3-4-6-16/h7-11,16,18-19H,3-6,12H2,1-2H3. The van der Waals surface area contributed by atoms with Crippen LogP contribution >= 0.6 is 11.8 Å². The van der Waals surface area contributed by atoms with Crippen molar-refractivity contribution >= 4 is 22.7 Å². The van der Waals surface area contributed by atoms with Gasteiger partial charge in [-0.05, 0) is 50.6 Å². The highest BCUT2D eigenvalue weighted by molar-refractivity contribution is 7.99. The van der Waals surface area contributed by atoms with Crippen molar-refractivity contribution in [2.45, 2.75) is 43.9 Å². The molecule has 21 heavy (non-hydrogen) atoms. The Balaban J connectivity index is 1.74. The van der Waals surface area contributed by atoms with Gasteiger partial charge >= 0.3 is 0 Å². The van der Waals surface area contributed by atoms with Crippen molar-refractivity contribution in [2.24, 2.45) is 0 Å². The van der Waals surface area contributed by atoms with Crippen molar-refractivity contribution < 1.29 is 0 Å². The third-order valence-electron chi connectivity index (χ3n) is 4.40. The molecule has 1 aliphatic carbocycles. The summed E-state index contributed by atoms with van der Waals surface area (Å²) in [5, 5.41) is 5.60. The molecule has 1 aliphatic rings. The normalized spacial score (nSPS) is 17.4. The van der Waals surface area contributed by atoms with Crippen molar-refractivity contribution in [3.63, 3.8) is 0 Å². The predicted molar refractivity (Wildman–Crippen MR) is 93.0 cm³/mol. The molecule has 2 aromatic rings. The average Bonchev–Trinajstić information content (AvgIpc) is 3.01. The van der Waals surface area contributed by atoms with Crippen molar-refractivity contribution in [1.82, 2.24) is 10.3 Å². The fourth-order valence-corrected chi connectivity index (χ4v) is 4.59. The van der Waals surface area contributed by atoms with Gasteiger partial charge in [0, 0.05) is 28.1 Å². The largest absolute Gasteiger partial charge is 0.312 e. The Labute approximate surface area is 131 Å². The summed E-state index contributed by atoms with van der Waals surface area (Å²) < 4.78 is 0. The number of rotatable bonds is 5. The van der Waals surface area contributed by atoms with Crippen molar-refractivity contribution in [3.05, 3.63) is 41.6 Å². The van der Waals surface area contributed by atoms with E-state index in [2.05, 4.69) is 59.4 Å². The highest BCUT2D eigenvalue weighted by Crippen LogP contribution is 2.32. The summed E-state index contributed by atoms with van der Waals surface area (Å²) in [6.45, 7) is 2.04. The summed E-state index contributed by atoms with van der Waals surface area (Å²) in [4.78, 5) is 4.59. The van der Waals surface area contributed by atoms with Crippen LogP contribution in [0.15, 0.2) is 30.3 Å². The molecule has 1 heterocycles. The Morgan fingerprint density at radius 2 is 2.05 bits per heavy atom. The van der Waals surface area contributed by atoms with Gasteiger partial charge in [-0.2, -0.15) is 11.8 Å². The number of aromatic nitrogens is 1. The molecule has 1 atom stereocenters. The molecule has 1 unspecified atom stereocenters. The quantitative estimate of drug-likeness (QED) is 0.881. The number of thioether (sulfide) groups is 1. The number of fused-ring (bicyclic) bond motifs is 1. The van der Waals surface area contributed by atoms with Crippen LogP contribution in [0.3, 0.4) is 0 Å². The molecule has 1 fully saturated rings. The van der Waals surface area contributed by atoms with Gasteiger partial charge < -0.3 is 5.32 Å². The van der Waals surface area contributed by atoms with Crippen LogP contribution in [0.2, 0.25) is 0 Å². The zero-order valence-corrected chi connectivity index (χ0v) is 13.7. The summed E-state index contributed by atoms with van der Waals surface area (Å²) in [5.41, 5.74) is 3.55. The van der Waals surface area contributed by atoms with Gasteiger partial charge in [0.2, 0.25) is 0 Å². The van der Waals surface area contributed by atoms with Crippen LogP contribution in [0.1, 0.15) is 43.0 Å². The molecule has 3 rings (SSSR count). The molecule has 1 aromatic heterocycles. The maximum absolute atomic E-state index is 4.59. The summed E-state index contributed by atoms with van der Waals surface area (Å²) >= 11 is 2.14. The van der Waals surface area contributed by atoms with Crippen LogP contribution in [-0.4, -0.2) is 23.0 Å². The Bertz CT molecular complexity index is 605. The SMILES string of the molecule is CNC(CSC1CCCC1)c1ccc2nc(C)ccc2c1. The molecular formula is C18H24N2S.